The van der Waals surface area contributed by atoms with Crippen molar-refractivity contribution >= 4 is 27.8 Å². The Balaban J connectivity index is 1.09. The Morgan fingerprint density at radius 3 is 1.64 bits per heavy atom. The summed E-state index contributed by atoms with van der Waals surface area (Å²) in [5.74, 6) is 0. The molecule has 0 heterocycles. The number of fused-ring (bicyclic) bond motifs is 11. The van der Waals surface area contributed by atoms with Gasteiger partial charge < -0.3 is 4.90 Å². The standard InChI is InChI=1S/C55H45N/c1-53(2)46-19-13-12-18-41(46)42-27-25-39(31-49(42)53)56(37-23-20-35(21-24-37)34-14-8-7-9-15-34)38-26-29-47-43(30-38)44-32-51-45(33-50(44)54(47,3)4)52-40-17-11-10-16-36(40)22-28-48(52)55(51,5)6/h7-33H,1-6H3. The summed E-state index contributed by atoms with van der Waals surface area (Å²) in [5, 5.41) is 2.65. The Labute approximate surface area is 330 Å². The van der Waals surface area contributed by atoms with Crippen LogP contribution in [0.15, 0.2) is 164 Å². The van der Waals surface area contributed by atoms with Gasteiger partial charge in [-0.05, 0) is 137 Å². The molecule has 8 aromatic rings. The van der Waals surface area contributed by atoms with Gasteiger partial charge >= 0.3 is 0 Å². The molecule has 0 spiro atoms. The quantitative estimate of drug-likeness (QED) is 0.175. The first-order chi connectivity index (χ1) is 27.0. The summed E-state index contributed by atoms with van der Waals surface area (Å²) < 4.78 is 0. The minimum Gasteiger partial charge on any atom is -0.310 e. The molecule has 3 aliphatic carbocycles. The molecule has 0 saturated heterocycles. The van der Waals surface area contributed by atoms with Gasteiger partial charge in [-0.1, -0.05) is 157 Å². The van der Waals surface area contributed by atoms with E-state index in [-0.39, 0.29) is 16.2 Å². The zero-order valence-electron chi connectivity index (χ0n) is 33.0. The van der Waals surface area contributed by atoms with Crippen molar-refractivity contribution in [2.75, 3.05) is 4.90 Å². The van der Waals surface area contributed by atoms with Crippen LogP contribution >= 0.6 is 0 Å². The molecular formula is C55H45N. The molecule has 0 amide bonds. The molecule has 11 rings (SSSR count). The zero-order valence-corrected chi connectivity index (χ0v) is 33.0. The molecule has 0 bridgehead atoms. The molecule has 8 aromatic carbocycles. The molecule has 270 valence electrons. The Morgan fingerprint density at radius 1 is 0.321 bits per heavy atom. The average molecular weight is 720 g/mol. The fourth-order valence-electron chi connectivity index (χ4n) is 10.6. The van der Waals surface area contributed by atoms with E-state index in [1.165, 1.54) is 100 Å². The second kappa shape index (κ2) is 11.4. The molecule has 0 N–H and O–H groups in total. The van der Waals surface area contributed by atoms with Gasteiger partial charge in [0.1, 0.15) is 0 Å². The lowest BCUT2D eigenvalue weighted by Crippen LogP contribution is -2.17. The van der Waals surface area contributed by atoms with Gasteiger partial charge in [-0.2, -0.15) is 0 Å². The maximum Gasteiger partial charge on any atom is 0.0468 e. The number of hydrogen-bond donors (Lipinski definition) is 0. The molecule has 0 unspecified atom stereocenters. The highest BCUT2D eigenvalue weighted by Crippen LogP contribution is 2.58. The molecule has 0 fully saturated rings. The fourth-order valence-corrected chi connectivity index (χ4v) is 10.6. The number of hydrogen-bond acceptors (Lipinski definition) is 1. The highest BCUT2D eigenvalue weighted by Gasteiger charge is 2.42. The van der Waals surface area contributed by atoms with Gasteiger partial charge in [0.15, 0.2) is 0 Å². The maximum absolute atomic E-state index is 2.55. The van der Waals surface area contributed by atoms with Crippen molar-refractivity contribution in [1.82, 2.24) is 0 Å². The predicted octanol–water partition coefficient (Wildman–Crippen LogP) is 14.9. The first kappa shape index (κ1) is 33.2. The fraction of sp³-hybridized carbons (Fsp3) is 0.164. The van der Waals surface area contributed by atoms with Crippen LogP contribution < -0.4 is 4.90 Å². The average Bonchev–Trinajstić information content (AvgIpc) is 3.70. The Kier molecular flexibility index (Phi) is 6.77. The number of benzene rings is 8. The van der Waals surface area contributed by atoms with Crippen LogP contribution in [-0.2, 0) is 16.2 Å². The Morgan fingerprint density at radius 2 is 0.839 bits per heavy atom. The van der Waals surface area contributed by atoms with E-state index in [9.17, 15) is 0 Å². The minimum atomic E-state index is -0.138. The molecule has 0 radical (unpaired) electrons. The normalized spacial score (nSPS) is 15.8. The number of anilines is 3. The summed E-state index contributed by atoms with van der Waals surface area (Å²) in [4.78, 5) is 2.47. The smallest absolute Gasteiger partial charge is 0.0468 e. The van der Waals surface area contributed by atoms with E-state index < -0.39 is 0 Å². The molecule has 0 saturated carbocycles. The summed E-state index contributed by atoms with van der Waals surface area (Å²) in [6, 6.07) is 61.7. The monoisotopic (exact) mass is 719 g/mol. The second-order valence-electron chi connectivity index (χ2n) is 17.8. The third kappa shape index (κ3) is 4.49. The molecule has 3 aliphatic rings. The molecule has 1 nitrogen and oxygen atoms in total. The van der Waals surface area contributed by atoms with Gasteiger partial charge in [0.2, 0.25) is 0 Å². The van der Waals surface area contributed by atoms with Crippen LogP contribution in [-0.4, -0.2) is 0 Å². The molecule has 0 aromatic heterocycles. The zero-order chi connectivity index (χ0) is 38.1. The SMILES string of the molecule is CC1(C)c2ccccc2-c2ccc(N(c3ccc(-c4ccccc4)cc3)c3ccc4c(c3)-c3cc5c(cc3C4(C)C)-c3c(ccc4ccccc34)C5(C)C)cc21. The van der Waals surface area contributed by atoms with Crippen molar-refractivity contribution in [3.8, 4) is 44.5 Å². The van der Waals surface area contributed by atoms with Crippen molar-refractivity contribution in [1.29, 1.82) is 0 Å². The van der Waals surface area contributed by atoms with E-state index in [0.717, 1.165) is 5.69 Å². The van der Waals surface area contributed by atoms with Crippen molar-refractivity contribution in [3.63, 3.8) is 0 Å². The van der Waals surface area contributed by atoms with Crippen molar-refractivity contribution in [2.45, 2.75) is 57.8 Å². The molecule has 0 atom stereocenters. The second-order valence-corrected chi connectivity index (χ2v) is 17.8. The van der Waals surface area contributed by atoms with Gasteiger partial charge in [0.25, 0.3) is 0 Å². The van der Waals surface area contributed by atoms with E-state index in [1.54, 1.807) is 0 Å². The van der Waals surface area contributed by atoms with Crippen LogP contribution in [0, 0.1) is 0 Å². The van der Waals surface area contributed by atoms with Gasteiger partial charge in [0.05, 0.1) is 0 Å². The topological polar surface area (TPSA) is 3.24 Å². The van der Waals surface area contributed by atoms with E-state index in [0.29, 0.717) is 0 Å². The lowest BCUT2D eigenvalue weighted by atomic mass is 9.79. The number of nitrogens with zero attached hydrogens (tertiary/aromatic N) is 1. The molecule has 1 heteroatoms. The summed E-state index contributed by atoms with van der Waals surface area (Å²) in [5.41, 5.74) is 22.2. The highest BCUT2D eigenvalue weighted by molar-refractivity contribution is 6.04. The summed E-state index contributed by atoms with van der Waals surface area (Å²) in [7, 11) is 0. The van der Waals surface area contributed by atoms with Crippen LogP contribution in [0.25, 0.3) is 55.3 Å². The van der Waals surface area contributed by atoms with Crippen molar-refractivity contribution in [2.24, 2.45) is 0 Å². The van der Waals surface area contributed by atoms with Crippen molar-refractivity contribution < 1.29 is 0 Å². The van der Waals surface area contributed by atoms with Gasteiger partial charge in [0, 0.05) is 33.3 Å². The van der Waals surface area contributed by atoms with Crippen molar-refractivity contribution in [3.05, 3.63) is 197 Å². The van der Waals surface area contributed by atoms with Crippen LogP contribution in [0.2, 0.25) is 0 Å². The first-order valence-corrected chi connectivity index (χ1v) is 20.1. The van der Waals surface area contributed by atoms with E-state index >= 15 is 0 Å². The summed E-state index contributed by atoms with van der Waals surface area (Å²) in [6.07, 6.45) is 0. The number of rotatable bonds is 4. The predicted molar refractivity (Wildman–Crippen MR) is 237 cm³/mol. The van der Waals surface area contributed by atoms with Gasteiger partial charge in [-0.15, -0.1) is 0 Å². The largest absolute Gasteiger partial charge is 0.310 e. The lowest BCUT2D eigenvalue weighted by Gasteiger charge is -2.29. The van der Waals surface area contributed by atoms with Crippen LogP contribution in [0.1, 0.15) is 74.9 Å². The lowest BCUT2D eigenvalue weighted by molar-refractivity contribution is 0.652. The molecular weight excluding hydrogens is 675 g/mol. The molecule has 0 aliphatic heterocycles. The van der Waals surface area contributed by atoms with Crippen LogP contribution in [0.3, 0.4) is 0 Å². The Bertz CT molecular complexity index is 2920. The highest BCUT2D eigenvalue weighted by atomic mass is 15.1. The molecule has 56 heavy (non-hydrogen) atoms. The third-order valence-electron chi connectivity index (χ3n) is 13.7. The summed E-state index contributed by atoms with van der Waals surface area (Å²) in [6.45, 7) is 14.4. The van der Waals surface area contributed by atoms with Crippen LogP contribution in [0.4, 0.5) is 17.1 Å². The summed E-state index contributed by atoms with van der Waals surface area (Å²) >= 11 is 0. The van der Waals surface area contributed by atoms with Gasteiger partial charge in [-0.25, -0.2) is 0 Å². The minimum absolute atomic E-state index is 0.0955. The van der Waals surface area contributed by atoms with E-state index in [1.807, 2.05) is 0 Å². The first-order valence-electron chi connectivity index (χ1n) is 20.1. The van der Waals surface area contributed by atoms with E-state index in [2.05, 4.69) is 210 Å². The van der Waals surface area contributed by atoms with Crippen LogP contribution in [0.5, 0.6) is 0 Å². The Hall–Kier alpha value is -6.18. The third-order valence-corrected chi connectivity index (χ3v) is 13.7. The maximum atomic E-state index is 2.55. The van der Waals surface area contributed by atoms with E-state index in [4.69, 9.17) is 0 Å². The van der Waals surface area contributed by atoms with Gasteiger partial charge in [-0.3, -0.25) is 0 Å².